The molecule has 102 valence electrons. The van der Waals surface area contributed by atoms with Crippen LogP contribution in [0.25, 0.3) is 0 Å². The number of alkyl halides is 1. The number of hydrogen-bond donors (Lipinski definition) is 2. The van der Waals surface area contributed by atoms with Crippen molar-refractivity contribution < 1.29 is 19.4 Å². The molecule has 2 aliphatic heterocycles. The highest BCUT2D eigenvalue weighted by Gasteiger charge is 2.79. The lowest BCUT2D eigenvalue weighted by atomic mass is 9.66. The summed E-state index contributed by atoms with van der Waals surface area (Å²) in [5, 5.41) is 12.9. The van der Waals surface area contributed by atoms with E-state index in [9.17, 15) is 14.7 Å². The van der Waals surface area contributed by atoms with Crippen LogP contribution in [0.1, 0.15) is 27.2 Å². The van der Waals surface area contributed by atoms with Crippen LogP contribution in [0.15, 0.2) is 0 Å². The van der Waals surface area contributed by atoms with E-state index >= 15 is 0 Å². The molecule has 2 saturated heterocycles. The van der Waals surface area contributed by atoms with Gasteiger partial charge in [0.15, 0.2) is 5.60 Å². The lowest BCUT2D eigenvalue weighted by Crippen LogP contribution is -2.79. The molecule has 0 bridgehead atoms. The van der Waals surface area contributed by atoms with Crippen molar-refractivity contribution in [2.75, 3.05) is 5.88 Å². The number of carbonyl (C=O) groups is 2. The Kier molecular flexibility index (Phi) is 3.10. The molecule has 0 radical (unpaired) electrons. The molecule has 0 saturated carbocycles. The average Bonchev–Trinajstić information content (AvgIpc) is 2.46. The molecule has 1 amide bonds. The summed E-state index contributed by atoms with van der Waals surface area (Å²) >= 11 is 5.69. The van der Waals surface area contributed by atoms with E-state index in [0.29, 0.717) is 12.3 Å². The smallest absolute Gasteiger partial charge is 0.339 e. The number of fused-ring (bicyclic) bond motifs is 1. The van der Waals surface area contributed by atoms with Crippen molar-refractivity contribution in [3.63, 3.8) is 0 Å². The molecule has 0 aliphatic carbocycles. The van der Waals surface area contributed by atoms with E-state index in [1.165, 1.54) is 0 Å². The molecule has 2 aliphatic rings. The minimum atomic E-state index is -1.31. The van der Waals surface area contributed by atoms with E-state index in [0.717, 1.165) is 0 Å². The van der Waals surface area contributed by atoms with Gasteiger partial charge in [-0.15, -0.1) is 11.6 Å². The highest BCUT2D eigenvalue weighted by atomic mass is 35.5. The molecule has 2 fully saturated rings. The Balaban J connectivity index is 2.40. The van der Waals surface area contributed by atoms with Crippen molar-refractivity contribution in [2.24, 2.45) is 11.8 Å². The molecule has 0 aromatic heterocycles. The summed E-state index contributed by atoms with van der Waals surface area (Å²) in [5.41, 5.74) is -2.31. The van der Waals surface area contributed by atoms with E-state index < -0.39 is 29.1 Å². The predicted octanol–water partition coefficient (Wildman–Crippen LogP) is 0.432. The van der Waals surface area contributed by atoms with E-state index in [1.54, 1.807) is 20.8 Å². The number of esters is 1. The predicted molar refractivity (Wildman–Crippen MR) is 65.0 cm³/mol. The van der Waals surface area contributed by atoms with Gasteiger partial charge in [-0.25, -0.2) is 4.79 Å². The van der Waals surface area contributed by atoms with Crippen molar-refractivity contribution in [1.82, 2.24) is 5.32 Å². The number of nitrogens with one attached hydrogen (secondary N) is 1. The summed E-state index contributed by atoms with van der Waals surface area (Å²) in [6, 6.07) is 0. The molecule has 2 rings (SSSR count). The van der Waals surface area contributed by atoms with Gasteiger partial charge < -0.3 is 15.2 Å². The van der Waals surface area contributed by atoms with E-state index in [2.05, 4.69) is 5.32 Å². The van der Waals surface area contributed by atoms with Gasteiger partial charge in [0.2, 0.25) is 11.4 Å². The van der Waals surface area contributed by atoms with Gasteiger partial charge in [-0.05, 0) is 19.3 Å². The van der Waals surface area contributed by atoms with Crippen LogP contribution in [0.2, 0.25) is 0 Å². The van der Waals surface area contributed by atoms with Gasteiger partial charge in [0.25, 0.3) is 0 Å². The summed E-state index contributed by atoms with van der Waals surface area (Å²) in [7, 11) is 0. The maximum Gasteiger partial charge on any atom is 0.339 e. The first-order valence-corrected chi connectivity index (χ1v) is 6.64. The summed E-state index contributed by atoms with van der Waals surface area (Å²) in [4.78, 5) is 23.8. The molecule has 2 N–H and O–H groups in total. The molecule has 0 spiro atoms. The maximum absolute atomic E-state index is 12.0. The Morgan fingerprint density at radius 2 is 2.11 bits per heavy atom. The fourth-order valence-electron chi connectivity index (χ4n) is 3.07. The largest absolute Gasteiger partial charge is 0.453 e. The average molecular weight is 276 g/mol. The Hall–Kier alpha value is -0.810. The molecule has 0 aromatic carbocycles. The van der Waals surface area contributed by atoms with Crippen molar-refractivity contribution in [3.8, 4) is 0 Å². The quantitative estimate of drug-likeness (QED) is 0.576. The molecule has 4 atom stereocenters. The molecule has 6 heteroatoms. The van der Waals surface area contributed by atoms with Crippen molar-refractivity contribution in [1.29, 1.82) is 0 Å². The van der Waals surface area contributed by atoms with Gasteiger partial charge in [0.05, 0.1) is 12.0 Å². The highest BCUT2D eigenvalue weighted by Crippen LogP contribution is 2.52. The molecular weight excluding hydrogens is 258 g/mol. The minimum Gasteiger partial charge on any atom is -0.453 e. The molecule has 18 heavy (non-hydrogen) atoms. The number of aliphatic hydroxyl groups excluding tert-OH is 1. The number of aliphatic hydroxyl groups is 1. The minimum absolute atomic E-state index is 0.160. The van der Waals surface area contributed by atoms with Gasteiger partial charge in [-0.1, -0.05) is 13.8 Å². The third-order valence-corrected chi connectivity index (χ3v) is 4.40. The fraction of sp³-hybridized carbons (Fsp3) is 0.833. The number of halogens is 1. The standard InChI is InChI=1S/C12H18ClNO4/c1-6(2)8(15)12-10(17)18-11(12,3)7(4-5-13)9(16)14-12/h6-8,15H,4-5H2,1-3H3,(H,14,16)/t7?,8?,11-,12-/m1/s1. The van der Waals surface area contributed by atoms with Gasteiger partial charge in [-0.3, -0.25) is 4.79 Å². The van der Waals surface area contributed by atoms with Gasteiger partial charge in [0, 0.05) is 5.88 Å². The second kappa shape index (κ2) is 4.10. The first kappa shape index (κ1) is 13.6. The van der Waals surface area contributed by atoms with Crippen LogP contribution in [0.3, 0.4) is 0 Å². The third-order valence-electron chi connectivity index (χ3n) is 4.18. The fourth-order valence-corrected chi connectivity index (χ4v) is 3.28. The Morgan fingerprint density at radius 1 is 1.50 bits per heavy atom. The number of carbonyl (C=O) groups excluding carboxylic acids is 2. The molecule has 2 heterocycles. The normalized spacial score (nSPS) is 40.0. The van der Waals surface area contributed by atoms with Crippen LogP contribution in [-0.2, 0) is 14.3 Å². The highest BCUT2D eigenvalue weighted by molar-refractivity contribution is 6.18. The van der Waals surface area contributed by atoms with Crippen molar-refractivity contribution in [3.05, 3.63) is 0 Å². The SMILES string of the molecule is CC(C)C(O)[C@]12NC(=O)C(CCCl)[C@@]1(C)OC2=O. The Labute approximate surface area is 111 Å². The second-order valence-corrected chi connectivity index (χ2v) is 5.89. The monoisotopic (exact) mass is 275 g/mol. The van der Waals surface area contributed by atoms with Gasteiger partial charge in [-0.2, -0.15) is 0 Å². The van der Waals surface area contributed by atoms with Crippen LogP contribution >= 0.6 is 11.6 Å². The summed E-state index contributed by atoms with van der Waals surface area (Å²) < 4.78 is 5.22. The number of rotatable bonds is 4. The zero-order valence-electron chi connectivity index (χ0n) is 10.7. The number of amides is 1. The maximum atomic E-state index is 12.0. The lowest BCUT2D eigenvalue weighted by Gasteiger charge is -2.54. The topological polar surface area (TPSA) is 75.6 Å². The second-order valence-electron chi connectivity index (χ2n) is 5.51. The summed E-state index contributed by atoms with van der Waals surface area (Å²) in [6.07, 6.45) is -0.544. The summed E-state index contributed by atoms with van der Waals surface area (Å²) in [6.45, 7) is 5.29. The molecule has 0 aromatic rings. The Morgan fingerprint density at radius 3 is 2.56 bits per heavy atom. The van der Waals surface area contributed by atoms with Crippen LogP contribution < -0.4 is 5.32 Å². The van der Waals surface area contributed by atoms with Crippen LogP contribution in [0.5, 0.6) is 0 Å². The first-order valence-electron chi connectivity index (χ1n) is 6.10. The van der Waals surface area contributed by atoms with Crippen molar-refractivity contribution in [2.45, 2.75) is 44.4 Å². The lowest BCUT2D eigenvalue weighted by molar-refractivity contribution is -0.238. The van der Waals surface area contributed by atoms with E-state index in [-0.39, 0.29) is 11.8 Å². The van der Waals surface area contributed by atoms with Crippen molar-refractivity contribution >= 4 is 23.5 Å². The van der Waals surface area contributed by atoms with E-state index in [4.69, 9.17) is 16.3 Å². The summed E-state index contributed by atoms with van der Waals surface area (Å²) in [5.74, 6) is -1.19. The number of hydrogen-bond acceptors (Lipinski definition) is 4. The third kappa shape index (κ3) is 1.37. The molecular formula is C12H18ClNO4. The zero-order chi connectivity index (χ0) is 13.7. The van der Waals surface area contributed by atoms with Gasteiger partial charge in [0.1, 0.15) is 0 Å². The van der Waals surface area contributed by atoms with Crippen LogP contribution in [-0.4, -0.2) is 40.1 Å². The first-order chi connectivity index (χ1) is 8.31. The number of ether oxygens (including phenoxy) is 1. The Bertz CT molecular complexity index is 400. The van der Waals surface area contributed by atoms with Gasteiger partial charge >= 0.3 is 5.97 Å². The molecule has 2 unspecified atom stereocenters. The molecule has 5 nitrogen and oxygen atoms in total. The zero-order valence-corrected chi connectivity index (χ0v) is 11.5. The van der Waals surface area contributed by atoms with Crippen LogP contribution in [0, 0.1) is 11.8 Å². The van der Waals surface area contributed by atoms with Crippen LogP contribution in [0.4, 0.5) is 0 Å². The van der Waals surface area contributed by atoms with E-state index in [1.807, 2.05) is 0 Å².